The Bertz CT molecular complexity index is 852. The van der Waals surface area contributed by atoms with Gasteiger partial charge < -0.3 is 25.6 Å². The van der Waals surface area contributed by atoms with Crippen molar-refractivity contribution in [1.29, 1.82) is 0 Å². The molecule has 0 spiro atoms. The fraction of sp³-hybridized carbons (Fsp3) is 0.571. The summed E-state index contributed by atoms with van der Waals surface area (Å²) in [5, 5.41) is 18.3. The molecule has 0 aromatic rings. The molecule has 0 rings (SSSR count). The number of ether oxygens (including phenoxy) is 1. The monoisotopic (exact) mass is 571 g/mol. The van der Waals surface area contributed by atoms with Gasteiger partial charge in [0.05, 0.1) is 13.2 Å². The molecule has 0 aliphatic rings. The number of carbonyl (C=O) groups is 2. The SMILES string of the molecule is CC/C=C\C/C=C\C/C=C\C/C=C\C/C=C\CCCCCC(=O)OCC(O)COP(=O)(O)OCC(N)C(=O)O. The van der Waals surface area contributed by atoms with Crippen molar-refractivity contribution in [3.63, 3.8) is 0 Å². The highest BCUT2D eigenvalue weighted by Gasteiger charge is 2.26. The summed E-state index contributed by atoms with van der Waals surface area (Å²) in [7, 11) is -4.60. The summed E-state index contributed by atoms with van der Waals surface area (Å²) < 4.78 is 25.5. The van der Waals surface area contributed by atoms with Gasteiger partial charge >= 0.3 is 19.8 Å². The van der Waals surface area contributed by atoms with Gasteiger partial charge in [-0.3, -0.25) is 18.6 Å². The summed E-state index contributed by atoms with van der Waals surface area (Å²) in [6.45, 7) is 0.338. The number of allylic oxidation sites excluding steroid dienone is 10. The number of carboxylic acids is 1. The molecule has 0 amide bonds. The van der Waals surface area contributed by atoms with Gasteiger partial charge in [-0.1, -0.05) is 74.1 Å². The van der Waals surface area contributed by atoms with E-state index in [4.69, 9.17) is 15.6 Å². The average molecular weight is 572 g/mol. The van der Waals surface area contributed by atoms with Crippen molar-refractivity contribution < 1.29 is 43.0 Å². The van der Waals surface area contributed by atoms with Crippen LogP contribution in [0.1, 0.15) is 71.1 Å². The summed E-state index contributed by atoms with van der Waals surface area (Å²) in [5.41, 5.74) is 5.16. The molecule has 0 saturated carbocycles. The van der Waals surface area contributed by atoms with E-state index in [1.54, 1.807) is 0 Å². The van der Waals surface area contributed by atoms with Crippen molar-refractivity contribution in [1.82, 2.24) is 0 Å². The minimum atomic E-state index is -4.60. The molecule has 0 bridgehead atoms. The van der Waals surface area contributed by atoms with Crippen LogP contribution in [0.2, 0.25) is 0 Å². The number of nitrogens with two attached hydrogens (primary N) is 1. The van der Waals surface area contributed by atoms with Crippen LogP contribution in [0.15, 0.2) is 60.8 Å². The average Bonchev–Trinajstić information content (AvgIpc) is 2.90. The summed E-state index contributed by atoms with van der Waals surface area (Å²) in [4.78, 5) is 31.8. The number of hydrogen-bond donors (Lipinski definition) is 4. The number of aliphatic carboxylic acids is 1. The standard InChI is InChI=1S/C28H46NO9P/c1-2-3-4-5-6-7-8-9-10-11-12-13-14-15-16-17-18-19-20-21-27(31)36-22-25(30)23-37-39(34,35)38-24-26(29)28(32)33/h3-4,6-7,9-10,12-13,15-16,25-26,30H,2,5,8,11,14,17-24,29H2,1H3,(H,32,33)(H,34,35)/b4-3-,7-6-,10-9-,13-12-,16-15-. The molecule has 222 valence electrons. The van der Waals surface area contributed by atoms with E-state index < -0.39 is 51.7 Å². The Hall–Kier alpha value is -2.33. The highest BCUT2D eigenvalue weighted by Crippen LogP contribution is 2.43. The van der Waals surface area contributed by atoms with Gasteiger partial charge in [0, 0.05) is 6.42 Å². The molecule has 3 atom stereocenters. The first-order valence-electron chi connectivity index (χ1n) is 13.4. The molecule has 0 aliphatic heterocycles. The van der Waals surface area contributed by atoms with E-state index in [-0.39, 0.29) is 6.42 Å². The molecule has 39 heavy (non-hydrogen) atoms. The molecule has 0 aliphatic carbocycles. The first-order chi connectivity index (χ1) is 18.7. The Morgan fingerprint density at radius 3 is 1.85 bits per heavy atom. The van der Waals surface area contributed by atoms with Gasteiger partial charge in [0.15, 0.2) is 0 Å². The molecular weight excluding hydrogens is 525 g/mol. The number of aliphatic hydroxyl groups is 1. The minimum Gasteiger partial charge on any atom is -0.480 e. The Balaban J connectivity index is 3.73. The maximum absolute atomic E-state index is 11.8. The quantitative estimate of drug-likeness (QED) is 0.0527. The number of hydrogen-bond acceptors (Lipinski definition) is 8. The molecule has 0 heterocycles. The molecule has 11 heteroatoms. The van der Waals surface area contributed by atoms with E-state index in [1.165, 1.54) is 0 Å². The second-order valence-corrected chi connectivity index (χ2v) is 10.1. The van der Waals surface area contributed by atoms with Crippen LogP contribution in [0.4, 0.5) is 0 Å². The van der Waals surface area contributed by atoms with Gasteiger partial charge in [-0.2, -0.15) is 0 Å². The smallest absolute Gasteiger partial charge is 0.472 e. The van der Waals surface area contributed by atoms with Gasteiger partial charge in [0.2, 0.25) is 0 Å². The lowest BCUT2D eigenvalue weighted by molar-refractivity contribution is -0.147. The molecule has 3 unspecified atom stereocenters. The first kappa shape index (κ1) is 36.7. The molecule has 5 N–H and O–H groups in total. The van der Waals surface area contributed by atoms with Crippen molar-refractivity contribution in [2.75, 3.05) is 19.8 Å². The molecule has 10 nitrogen and oxygen atoms in total. The maximum atomic E-state index is 11.8. The predicted molar refractivity (Wildman–Crippen MR) is 152 cm³/mol. The number of rotatable bonds is 24. The third-order valence-electron chi connectivity index (χ3n) is 5.01. The van der Waals surface area contributed by atoms with E-state index in [1.807, 2.05) is 0 Å². The number of esters is 1. The van der Waals surface area contributed by atoms with Crippen LogP contribution in [-0.2, 0) is 27.9 Å². The lowest BCUT2D eigenvalue weighted by atomic mass is 10.1. The van der Waals surface area contributed by atoms with Crippen molar-refractivity contribution in [2.24, 2.45) is 5.73 Å². The van der Waals surface area contributed by atoms with Gasteiger partial charge in [0.25, 0.3) is 0 Å². The summed E-state index contributed by atoms with van der Waals surface area (Å²) in [6.07, 6.45) is 28.7. The van der Waals surface area contributed by atoms with E-state index in [0.29, 0.717) is 6.42 Å². The molecule has 0 aromatic carbocycles. The summed E-state index contributed by atoms with van der Waals surface area (Å²) in [6, 6.07) is -1.49. The number of phosphoric ester groups is 1. The zero-order valence-corrected chi connectivity index (χ0v) is 23.8. The number of carbonyl (C=O) groups excluding carboxylic acids is 1. The Morgan fingerprint density at radius 1 is 0.795 bits per heavy atom. The zero-order valence-electron chi connectivity index (χ0n) is 22.9. The zero-order chi connectivity index (χ0) is 29.2. The maximum Gasteiger partial charge on any atom is 0.472 e. The molecule has 0 fully saturated rings. The normalized spacial score (nSPS) is 15.6. The Morgan fingerprint density at radius 2 is 1.31 bits per heavy atom. The van der Waals surface area contributed by atoms with Gasteiger partial charge in [-0.25, -0.2) is 4.57 Å². The van der Waals surface area contributed by atoms with E-state index >= 15 is 0 Å². The summed E-state index contributed by atoms with van der Waals surface area (Å²) >= 11 is 0. The van der Waals surface area contributed by atoms with Crippen molar-refractivity contribution >= 4 is 19.8 Å². The fourth-order valence-corrected chi connectivity index (χ4v) is 3.63. The minimum absolute atomic E-state index is 0.202. The van der Waals surface area contributed by atoms with Crippen LogP contribution in [0.5, 0.6) is 0 Å². The summed E-state index contributed by atoms with van der Waals surface area (Å²) in [5.74, 6) is -1.89. The number of carboxylic acid groups (broad SMARTS) is 1. The van der Waals surface area contributed by atoms with E-state index in [9.17, 15) is 24.2 Å². The molecular formula is C28H46NO9P. The lowest BCUT2D eigenvalue weighted by Gasteiger charge is -2.16. The van der Waals surface area contributed by atoms with Crippen molar-refractivity contribution in [2.45, 2.75) is 83.3 Å². The number of aliphatic hydroxyl groups excluding tert-OH is 1. The van der Waals surface area contributed by atoms with Gasteiger partial charge in [0.1, 0.15) is 18.8 Å². The second kappa shape index (κ2) is 24.7. The lowest BCUT2D eigenvalue weighted by Crippen LogP contribution is -2.34. The number of unbranched alkanes of at least 4 members (excludes halogenated alkanes) is 3. The largest absolute Gasteiger partial charge is 0.480 e. The van der Waals surface area contributed by atoms with Gasteiger partial charge in [-0.15, -0.1) is 0 Å². The fourth-order valence-electron chi connectivity index (χ4n) is 2.85. The highest BCUT2D eigenvalue weighted by molar-refractivity contribution is 7.47. The Labute approximate surface area is 232 Å². The van der Waals surface area contributed by atoms with Crippen molar-refractivity contribution in [3.05, 3.63) is 60.8 Å². The third kappa shape index (κ3) is 25.7. The predicted octanol–water partition coefficient (Wildman–Crippen LogP) is 5.14. The number of phosphoric acid groups is 1. The van der Waals surface area contributed by atoms with Crippen LogP contribution in [-0.4, -0.2) is 59.0 Å². The molecule has 0 aromatic heterocycles. The van der Waals surface area contributed by atoms with Crippen LogP contribution < -0.4 is 5.73 Å². The van der Waals surface area contributed by atoms with E-state index in [2.05, 4.69) is 76.7 Å². The first-order valence-corrected chi connectivity index (χ1v) is 14.9. The van der Waals surface area contributed by atoms with Crippen molar-refractivity contribution in [3.8, 4) is 0 Å². The molecule has 0 saturated heterocycles. The third-order valence-corrected chi connectivity index (χ3v) is 5.96. The highest BCUT2D eigenvalue weighted by atomic mass is 31.2. The Kier molecular flexibility index (Phi) is 23.2. The van der Waals surface area contributed by atoms with Crippen LogP contribution in [0.25, 0.3) is 0 Å². The van der Waals surface area contributed by atoms with Gasteiger partial charge in [-0.05, 0) is 51.4 Å². The van der Waals surface area contributed by atoms with Crippen LogP contribution in [0, 0.1) is 0 Å². The molecule has 0 radical (unpaired) electrons. The second-order valence-electron chi connectivity index (χ2n) is 8.65. The van der Waals surface area contributed by atoms with Crippen LogP contribution in [0.3, 0.4) is 0 Å². The topological polar surface area (TPSA) is 166 Å². The van der Waals surface area contributed by atoms with E-state index in [0.717, 1.165) is 51.4 Å². The van der Waals surface area contributed by atoms with Crippen LogP contribution >= 0.6 is 7.82 Å².